The zero-order valence-electron chi connectivity index (χ0n) is 9.77. The number of aromatic nitrogens is 1. The Kier molecular flexibility index (Phi) is 2.63. The van der Waals surface area contributed by atoms with Gasteiger partial charge in [0.05, 0.1) is 5.69 Å². The van der Waals surface area contributed by atoms with Gasteiger partial charge in [-0.05, 0) is 37.6 Å². The number of aromatic hydroxyl groups is 1. The van der Waals surface area contributed by atoms with E-state index in [4.69, 9.17) is 5.73 Å². The van der Waals surface area contributed by atoms with Gasteiger partial charge in [0.2, 0.25) is 0 Å². The molecular formula is C13H14N2O2. The van der Waals surface area contributed by atoms with Gasteiger partial charge in [-0.25, -0.2) is 0 Å². The molecule has 0 aliphatic heterocycles. The summed E-state index contributed by atoms with van der Waals surface area (Å²) < 4.78 is 1.41. The van der Waals surface area contributed by atoms with Crippen LogP contribution in [0.25, 0.3) is 5.69 Å². The van der Waals surface area contributed by atoms with E-state index in [-0.39, 0.29) is 17.0 Å². The van der Waals surface area contributed by atoms with Gasteiger partial charge in [-0.2, -0.15) is 0 Å². The Labute approximate surface area is 98.9 Å². The van der Waals surface area contributed by atoms with E-state index in [1.807, 2.05) is 6.07 Å². The fraction of sp³-hybridized carbons (Fsp3) is 0.154. The third-order valence-corrected chi connectivity index (χ3v) is 2.76. The molecule has 4 heteroatoms. The lowest BCUT2D eigenvalue weighted by Gasteiger charge is -2.13. The van der Waals surface area contributed by atoms with Crippen LogP contribution in [0.15, 0.2) is 35.1 Å². The van der Waals surface area contributed by atoms with Crippen molar-refractivity contribution in [1.29, 1.82) is 0 Å². The molecule has 0 fully saturated rings. The second-order valence-electron chi connectivity index (χ2n) is 4.01. The summed E-state index contributed by atoms with van der Waals surface area (Å²) in [5.74, 6) is 0.0564. The topological polar surface area (TPSA) is 68.2 Å². The van der Waals surface area contributed by atoms with E-state index in [2.05, 4.69) is 0 Å². The summed E-state index contributed by atoms with van der Waals surface area (Å²) in [6.45, 7) is 3.60. The smallest absolute Gasteiger partial charge is 0.278 e. The van der Waals surface area contributed by atoms with Crippen LogP contribution in [0.1, 0.15) is 11.3 Å². The number of para-hydroxylation sites is 2. The molecule has 2 aromatic rings. The van der Waals surface area contributed by atoms with Crippen LogP contribution in [0.4, 0.5) is 5.69 Å². The molecule has 0 radical (unpaired) electrons. The number of pyridine rings is 1. The molecule has 2 rings (SSSR count). The van der Waals surface area contributed by atoms with E-state index in [0.717, 1.165) is 11.3 Å². The van der Waals surface area contributed by atoms with Gasteiger partial charge in [0.25, 0.3) is 5.56 Å². The summed E-state index contributed by atoms with van der Waals surface area (Å²) >= 11 is 0. The van der Waals surface area contributed by atoms with Crippen molar-refractivity contribution in [3.63, 3.8) is 0 Å². The molecule has 0 atom stereocenters. The lowest BCUT2D eigenvalue weighted by Crippen LogP contribution is -2.24. The highest BCUT2D eigenvalue weighted by atomic mass is 16.3. The maximum atomic E-state index is 12.1. The molecule has 3 N–H and O–H groups in total. The van der Waals surface area contributed by atoms with Crippen LogP contribution in [-0.2, 0) is 0 Å². The number of anilines is 1. The normalized spacial score (nSPS) is 10.5. The second kappa shape index (κ2) is 3.97. The first-order valence-electron chi connectivity index (χ1n) is 5.29. The number of phenols is 1. The molecule has 0 spiro atoms. The third kappa shape index (κ3) is 1.78. The third-order valence-electron chi connectivity index (χ3n) is 2.76. The number of hydrogen-bond acceptors (Lipinski definition) is 3. The molecular weight excluding hydrogens is 216 g/mol. The molecule has 0 saturated heterocycles. The summed E-state index contributed by atoms with van der Waals surface area (Å²) in [5, 5.41) is 9.77. The highest BCUT2D eigenvalue weighted by Crippen LogP contribution is 2.21. The van der Waals surface area contributed by atoms with Crippen molar-refractivity contribution in [3.05, 3.63) is 51.9 Å². The number of nitrogens with two attached hydrogens (primary N) is 1. The molecule has 88 valence electrons. The first-order chi connectivity index (χ1) is 8.02. The van der Waals surface area contributed by atoms with Crippen LogP contribution in [0, 0.1) is 13.8 Å². The minimum absolute atomic E-state index is 0.0564. The second-order valence-corrected chi connectivity index (χ2v) is 4.01. The number of aryl methyl sites for hydroxylation is 2. The maximum absolute atomic E-state index is 12.1. The fourth-order valence-electron chi connectivity index (χ4n) is 1.86. The zero-order chi connectivity index (χ0) is 12.6. The molecule has 4 nitrogen and oxygen atoms in total. The van der Waals surface area contributed by atoms with Crippen molar-refractivity contribution in [2.75, 3.05) is 5.73 Å². The highest BCUT2D eigenvalue weighted by molar-refractivity contribution is 5.52. The summed E-state index contributed by atoms with van der Waals surface area (Å²) in [5.41, 5.74) is 7.56. The number of hydrogen-bond donors (Lipinski definition) is 2. The standard InChI is InChI=1S/C13H14N2O2/c1-8-7-9(2)15(13(17)12(8)14)10-5-3-4-6-11(10)16/h3-7,16H,14H2,1-2H3. The molecule has 0 bridgehead atoms. The van der Waals surface area contributed by atoms with Gasteiger partial charge in [0.1, 0.15) is 11.4 Å². The van der Waals surface area contributed by atoms with Gasteiger partial charge in [0, 0.05) is 5.69 Å². The molecule has 0 aliphatic rings. The monoisotopic (exact) mass is 230 g/mol. The lowest BCUT2D eigenvalue weighted by atomic mass is 10.2. The Bertz CT molecular complexity index is 630. The Morgan fingerprint density at radius 3 is 2.53 bits per heavy atom. The van der Waals surface area contributed by atoms with Crippen LogP contribution in [-0.4, -0.2) is 9.67 Å². The van der Waals surface area contributed by atoms with Gasteiger partial charge in [-0.3, -0.25) is 9.36 Å². The quantitative estimate of drug-likeness (QED) is 0.784. The Morgan fingerprint density at radius 1 is 1.24 bits per heavy atom. The van der Waals surface area contributed by atoms with Crippen molar-refractivity contribution in [2.45, 2.75) is 13.8 Å². The van der Waals surface area contributed by atoms with Gasteiger partial charge in [-0.15, -0.1) is 0 Å². The van der Waals surface area contributed by atoms with Crippen LogP contribution in [0.5, 0.6) is 5.75 Å². The average Bonchev–Trinajstić information content (AvgIpc) is 2.29. The highest BCUT2D eigenvalue weighted by Gasteiger charge is 2.11. The number of nitrogen functional groups attached to an aromatic ring is 1. The van der Waals surface area contributed by atoms with Crippen LogP contribution < -0.4 is 11.3 Å². The van der Waals surface area contributed by atoms with E-state index < -0.39 is 0 Å². The van der Waals surface area contributed by atoms with Crippen LogP contribution >= 0.6 is 0 Å². The molecule has 1 aromatic carbocycles. The van der Waals surface area contributed by atoms with Crippen molar-refractivity contribution in [1.82, 2.24) is 4.57 Å². The van der Waals surface area contributed by atoms with Crippen molar-refractivity contribution >= 4 is 5.69 Å². The maximum Gasteiger partial charge on any atom is 0.278 e. The first-order valence-corrected chi connectivity index (χ1v) is 5.29. The molecule has 1 heterocycles. The summed E-state index contributed by atoms with van der Waals surface area (Å²) in [6.07, 6.45) is 0. The van der Waals surface area contributed by atoms with E-state index in [1.165, 1.54) is 10.6 Å². The number of phenolic OH excluding ortho intramolecular Hbond substituents is 1. The predicted octanol–water partition coefficient (Wildman–Crippen LogP) is 1.74. The van der Waals surface area contributed by atoms with Gasteiger partial charge in [-0.1, -0.05) is 12.1 Å². The van der Waals surface area contributed by atoms with Gasteiger partial charge in [0.15, 0.2) is 0 Å². The molecule has 0 aliphatic carbocycles. The minimum atomic E-state index is -0.302. The zero-order valence-corrected chi connectivity index (χ0v) is 9.77. The predicted molar refractivity (Wildman–Crippen MR) is 67.6 cm³/mol. The number of rotatable bonds is 1. The number of benzene rings is 1. The summed E-state index contributed by atoms with van der Waals surface area (Å²) in [6, 6.07) is 8.51. The van der Waals surface area contributed by atoms with Gasteiger partial charge < -0.3 is 10.8 Å². The van der Waals surface area contributed by atoms with Crippen molar-refractivity contribution in [2.24, 2.45) is 0 Å². The summed E-state index contributed by atoms with van der Waals surface area (Å²) in [4.78, 5) is 12.1. The van der Waals surface area contributed by atoms with Gasteiger partial charge >= 0.3 is 0 Å². The average molecular weight is 230 g/mol. The SMILES string of the molecule is Cc1cc(C)n(-c2ccccc2O)c(=O)c1N. The summed E-state index contributed by atoms with van der Waals surface area (Å²) in [7, 11) is 0. The molecule has 17 heavy (non-hydrogen) atoms. The van der Waals surface area contributed by atoms with E-state index >= 15 is 0 Å². The fourth-order valence-corrected chi connectivity index (χ4v) is 1.86. The Balaban J connectivity index is 2.82. The Morgan fingerprint density at radius 2 is 1.88 bits per heavy atom. The Hall–Kier alpha value is -2.23. The largest absolute Gasteiger partial charge is 0.506 e. The lowest BCUT2D eigenvalue weighted by molar-refractivity contribution is 0.471. The molecule has 1 aromatic heterocycles. The van der Waals surface area contributed by atoms with Crippen molar-refractivity contribution < 1.29 is 5.11 Å². The molecule has 0 unspecified atom stereocenters. The first kappa shape index (κ1) is 11.3. The van der Waals surface area contributed by atoms with Crippen molar-refractivity contribution in [3.8, 4) is 11.4 Å². The van der Waals surface area contributed by atoms with E-state index in [9.17, 15) is 9.90 Å². The molecule has 0 saturated carbocycles. The van der Waals surface area contributed by atoms with E-state index in [0.29, 0.717) is 5.69 Å². The molecule has 0 amide bonds. The van der Waals surface area contributed by atoms with E-state index in [1.54, 1.807) is 32.0 Å². The van der Waals surface area contributed by atoms with Crippen LogP contribution in [0.2, 0.25) is 0 Å². The minimum Gasteiger partial charge on any atom is -0.506 e. The van der Waals surface area contributed by atoms with Crippen LogP contribution in [0.3, 0.4) is 0 Å². The number of nitrogens with zero attached hydrogens (tertiary/aromatic N) is 1.